The van der Waals surface area contributed by atoms with E-state index in [-0.39, 0.29) is 12.1 Å². The number of anilines is 1. The molecule has 1 aliphatic heterocycles. The summed E-state index contributed by atoms with van der Waals surface area (Å²) in [4.78, 5) is 23.9. The average molecular weight is 467 g/mol. The maximum absolute atomic E-state index is 12.7. The lowest BCUT2D eigenvalue weighted by molar-refractivity contribution is 0.358. The summed E-state index contributed by atoms with van der Waals surface area (Å²) in [6.45, 7) is 2.08. The first kappa shape index (κ1) is 20.1. The molecular formula is C25H22N8O2. The van der Waals surface area contributed by atoms with Crippen LogP contribution >= 0.6 is 0 Å². The highest BCUT2D eigenvalue weighted by Crippen LogP contribution is 2.58. The molecule has 2 fully saturated rings. The minimum absolute atomic E-state index is 0.145. The van der Waals surface area contributed by atoms with Gasteiger partial charge >= 0.3 is 0 Å². The summed E-state index contributed by atoms with van der Waals surface area (Å²) in [5.74, 6) is 2.44. The second kappa shape index (κ2) is 7.59. The standard InChI is InChI=1S/C25H22N8O2/c1-31-11-16(9-27-31)15-4-2-5-17(8-15)32-12-19-20(13-32)23(19)24-29-22(35-30-24)14-33-25(34)18-6-3-7-26-21(18)10-28-33/h2-11,19-20,23H,12-14H2,1H3/t19-,20+,23-. The zero-order valence-corrected chi connectivity index (χ0v) is 19.0. The van der Waals surface area contributed by atoms with E-state index in [1.807, 2.05) is 24.1 Å². The summed E-state index contributed by atoms with van der Waals surface area (Å²) in [5, 5.41) is 13.2. The highest BCUT2D eigenvalue weighted by Gasteiger charge is 2.58. The topological polar surface area (TPSA) is 108 Å². The van der Waals surface area contributed by atoms with Crippen molar-refractivity contribution >= 4 is 16.6 Å². The van der Waals surface area contributed by atoms with Crippen molar-refractivity contribution in [2.75, 3.05) is 18.0 Å². The molecule has 0 bridgehead atoms. The summed E-state index contributed by atoms with van der Waals surface area (Å²) in [6.07, 6.45) is 7.14. The zero-order valence-electron chi connectivity index (χ0n) is 19.0. The predicted octanol–water partition coefficient (Wildman–Crippen LogP) is 2.47. The molecule has 0 spiro atoms. The largest absolute Gasteiger partial charge is 0.371 e. The molecule has 1 aromatic carbocycles. The molecule has 174 valence electrons. The maximum Gasteiger partial charge on any atom is 0.276 e. The van der Waals surface area contributed by atoms with Gasteiger partial charge in [0.15, 0.2) is 5.82 Å². The summed E-state index contributed by atoms with van der Waals surface area (Å²) < 4.78 is 8.64. The minimum Gasteiger partial charge on any atom is -0.371 e. The van der Waals surface area contributed by atoms with Crippen molar-refractivity contribution in [1.29, 1.82) is 0 Å². The van der Waals surface area contributed by atoms with E-state index in [2.05, 4.69) is 54.5 Å². The second-order valence-electron chi connectivity index (χ2n) is 9.30. The fourth-order valence-corrected chi connectivity index (χ4v) is 5.30. The third-order valence-electron chi connectivity index (χ3n) is 7.13. The number of rotatable bonds is 5. The van der Waals surface area contributed by atoms with Gasteiger partial charge in [0.25, 0.3) is 5.56 Å². The van der Waals surface area contributed by atoms with Gasteiger partial charge < -0.3 is 9.42 Å². The molecule has 1 saturated carbocycles. The molecule has 5 aromatic rings. The normalized spacial score (nSPS) is 20.9. The summed E-state index contributed by atoms with van der Waals surface area (Å²) >= 11 is 0. The first-order valence-electron chi connectivity index (χ1n) is 11.6. The lowest BCUT2D eigenvalue weighted by Gasteiger charge is -2.22. The Kier molecular flexibility index (Phi) is 4.35. The fourth-order valence-electron chi connectivity index (χ4n) is 5.30. The third-order valence-corrected chi connectivity index (χ3v) is 7.13. The van der Waals surface area contributed by atoms with E-state index in [1.165, 1.54) is 15.9 Å². The lowest BCUT2D eigenvalue weighted by atomic mass is 10.1. The number of aromatic nitrogens is 7. The van der Waals surface area contributed by atoms with Gasteiger partial charge in [0.2, 0.25) is 5.89 Å². The van der Waals surface area contributed by atoms with Gasteiger partial charge in [-0.2, -0.15) is 15.2 Å². The molecule has 1 aliphatic carbocycles. The van der Waals surface area contributed by atoms with E-state index in [1.54, 1.807) is 24.5 Å². The Morgan fingerprint density at radius 1 is 1.06 bits per heavy atom. The third kappa shape index (κ3) is 3.40. The molecule has 4 aromatic heterocycles. The molecule has 2 aliphatic rings. The number of hydrogen-bond acceptors (Lipinski definition) is 8. The van der Waals surface area contributed by atoms with Crippen molar-refractivity contribution in [1.82, 2.24) is 34.7 Å². The van der Waals surface area contributed by atoms with Gasteiger partial charge in [-0.25, -0.2) is 4.68 Å². The van der Waals surface area contributed by atoms with Gasteiger partial charge in [0.05, 0.1) is 23.3 Å². The molecule has 0 unspecified atom stereocenters. The van der Waals surface area contributed by atoms with Gasteiger partial charge in [-0.3, -0.25) is 14.5 Å². The van der Waals surface area contributed by atoms with E-state index in [0.29, 0.717) is 34.5 Å². The number of hydrogen-bond donors (Lipinski definition) is 0. The highest BCUT2D eigenvalue weighted by atomic mass is 16.5. The molecule has 35 heavy (non-hydrogen) atoms. The SMILES string of the molecule is Cn1cc(-c2cccc(N3C[C@@H]4[C@H](C3)[C@@H]4c3noc(Cn4ncc5ncccc5c4=O)n3)c2)cn1. The van der Waals surface area contributed by atoms with Gasteiger partial charge in [0.1, 0.15) is 6.54 Å². The molecule has 0 N–H and O–H groups in total. The average Bonchev–Trinajstić information content (AvgIpc) is 3.33. The Morgan fingerprint density at radius 3 is 2.77 bits per heavy atom. The highest BCUT2D eigenvalue weighted by molar-refractivity contribution is 5.75. The molecule has 0 amide bonds. The number of aryl methyl sites for hydroxylation is 1. The van der Waals surface area contributed by atoms with E-state index < -0.39 is 0 Å². The fraction of sp³-hybridized carbons (Fsp3) is 0.280. The van der Waals surface area contributed by atoms with Gasteiger partial charge in [-0.15, -0.1) is 0 Å². The maximum atomic E-state index is 12.7. The van der Waals surface area contributed by atoms with Crippen LogP contribution < -0.4 is 10.5 Å². The summed E-state index contributed by atoms with van der Waals surface area (Å²) in [6, 6.07) is 12.1. The van der Waals surface area contributed by atoms with E-state index in [4.69, 9.17) is 4.52 Å². The van der Waals surface area contributed by atoms with Crippen LogP contribution in [0.4, 0.5) is 5.69 Å². The predicted molar refractivity (Wildman–Crippen MR) is 128 cm³/mol. The van der Waals surface area contributed by atoms with Crippen molar-refractivity contribution in [3.63, 3.8) is 0 Å². The van der Waals surface area contributed by atoms with Crippen LogP contribution in [-0.2, 0) is 13.6 Å². The number of piperidine rings is 1. The second-order valence-corrected chi connectivity index (χ2v) is 9.30. The van der Waals surface area contributed by atoms with Crippen LogP contribution in [0.25, 0.3) is 22.0 Å². The van der Waals surface area contributed by atoms with Gasteiger partial charge in [-0.05, 0) is 41.7 Å². The van der Waals surface area contributed by atoms with Crippen molar-refractivity contribution in [3.8, 4) is 11.1 Å². The molecular weight excluding hydrogens is 444 g/mol. The van der Waals surface area contributed by atoms with Crippen LogP contribution in [-0.4, -0.2) is 47.8 Å². The number of pyridine rings is 1. The minimum atomic E-state index is -0.220. The van der Waals surface area contributed by atoms with E-state index in [9.17, 15) is 4.79 Å². The van der Waals surface area contributed by atoms with Crippen LogP contribution in [0.15, 0.2) is 70.5 Å². The Morgan fingerprint density at radius 2 is 1.94 bits per heavy atom. The molecule has 3 atom stereocenters. The van der Waals surface area contributed by atoms with Crippen LogP contribution in [0.2, 0.25) is 0 Å². The first-order chi connectivity index (χ1) is 17.1. The van der Waals surface area contributed by atoms with Crippen LogP contribution in [0, 0.1) is 11.8 Å². The Bertz CT molecular complexity index is 1610. The number of nitrogens with zero attached hydrogens (tertiary/aromatic N) is 8. The molecule has 7 rings (SSSR count). The molecule has 1 saturated heterocycles. The smallest absolute Gasteiger partial charge is 0.276 e. The van der Waals surface area contributed by atoms with Crippen molar-refractivity contribution in [3.05, 3.63) is 83.3 Å². The summed E-state index contributed by atoms with van der Waals surface area (Å²) in [5.41, 5.74) is 3.86. The van der Waals surface area contributed by atoms with Crippen molar-refractivity contribution in [2.24, 2.45) is 18.9 Å². The Balaban J connectivity index is 1.04. The number of benzene rings is 1. The molecule has 5 heterocycles. The molecule has 10 heteroatoms. The quantitative estimate of drug-likeness (QED) is 0.389. The Labute approximate surface area is 199 Å². The summed E-state index contributed by atoms with van der Waals surface area (Å²) in [7, 11) is 1.93. The monoisotopic (exact) mass is 466 g/mol. The van der Waals surface area contributed by atoms with Gasteiger partial charge in [-0.1, -0.05) is 17.3 Å². The van der Waals surface area contributed by atoms with Gasteiger partial charge in [0, 0.05) is 49.7 Å². The van der Waals surface area contributed by atoms with Crippen molar-refractivity contribution in [2.45, 2.75) is 12.5 Å². The first-order valence-corrected chi connectivity index (χ1v) is 11.6. The lowest BCUT2D eigenvalue weighted by Crippen LogP contribution is -2.24. The van der Waals surface area contributed by atoms with Crippen LogP contribution in [0.5, 0.6) is 0 Å². The molecule has 10 nitrogen and oxygen atoms in total. The number of fused-ring (bicyclic) bond motifs is 2. The van der Waals surface area contributed by atoms with Crippen LogP contribution in [0.3, 0.4) is 0 Å². The van der Waals surface area contributed by atoms with Crippen LogP contribution in [0.1, 0.15) is 17.6 Å². The van der Waals surface area contributed by atoms with Crippen molar-refractivity contribution < 1.29 is 4.52 Å². The molecule has 0 radical (unpaired) electrons. The van der Waals surface area contributed by atoms with E-state index >= 15 is 0 Å². The zero-order chi connectivity index (χ0) is 23.5. The van der Waals surface area contributed by atoms with E-state index in [0.717, 1.165) is 24.5 Å². The Hall–Kier alpha value is -4.34.